The third kappa shape index (κ3) is 5.08. The third-order valence-electron chi connectivity index (χ3n) is 3.98. The van der Waals surface area contributed by atoms with Crippen molar-refractivity contribution < 1.29 is 14.3 Å². The smallest absolute Gasteiger partial charge is 0.272 e. The lowest BCUT2D eigenvalue weighted by Crippen LogP contribution is -2.30. The van der Waals surface area contributed by atoms with E-state index in [1.54, 1.807) is 37.5 Å². The Bertz CT molecular complexity index is 976. The zero-order valence-electron chi connectivity index (χ0n) is 15.6. The van der Waals surface area contributed by atoms with E-state index >= 15 is 0 Å². The lowest BCUT2D eigenvalue weighted by atomic mass is 10.2. The normalized spacial score (nSPS) is 11.0. The highest BCUT2D eigenvalue weighted by atomic mass is 32.1. The van der Waals surface area contributed by atoms with Crippen LogP contribution in [-0.2, 0) is 4.79 Å². The van der Waals surface area contributed by atoms with Crippen molar-refractivity contribution in [3.63, 3.8) is 0 Å². The lowest BCUT2D eigenvalue weighted by molar-refractivity contribution is -0.113. The van der Waals surface area contributed by atoms with E-state index in [0.29, 0.717) is 17.0 Å². The Morgan fingerprint density at radius 2 is 1.71 bits per heavy atom. The monoisotopic (exact) mass is 392 g/mol. The van der Waals surface area contributed by atoms with Crippen LogP contribution in [0.25, 0.3) is 6.08 Å². The van der Waals surface area contributed by atoms with E-state index in [0.717, 1.165) is 10.4 Å². The molecule has 0 aliphatic carbocycles. The number of ether oxygens (including phenoxy) is 1. The Labute approximate surface area is 167 Å². The van der Waals surface area contributed by atoms with Crippen molar-refractivity contribution in [3.8, 4) is 5.75 Å². The Morgan fingerprint density at radius 1 is 1.00 bits per heavy atom. The van der Waals surface area contributed by atoms with E-state index in [-0.39, 0.29) is 17.5 Å². The Hall–Kier alpha value is -3.38. The average Bonchev–Trinajstić information content (AvgIpc) is 3.22. The number of nitrogens with one attached hydrogen (secondary N) is 2. The SMILES string of the molecule is COc1ccc(C(=O)N/C(=C\c2cccs2)C(=O)Nc2ccc(C)cc2)cc1. The van der Waals surface area contributed by atoms with Crippen molar-refractivity contribution in [2.75, 3.05) is 12.4 Å². The van der Waals surface area contributed by atoms with Crippen molar-refractivity contribution in [3.05, 3.63) is 87.7 Å². The standard InChI is InChI=1S/C22H20N2O3S/c1-15-5-9-17(10-6-15)23-22(26)20(14-19-4-3-13-28-19)24-21(25)16-7-11-18(27-2)12-8-16/h3-14H,1-2H3,(H,23,26)(H,24,25)/b20-14-. The number of hydrogen-bond donors (Lipinski definition) is 2. The molecule has 0 atom stereocenters. The third-order valence-corrected chi connectivity index (χ3v) is 4.80. The highest BCUT2D eigenvalue weighted by Crippen LogP contribution is 2.16. The van der Waals surface area contributed by atoms with Crippen molar-refractivity contribution in [1.82, 2.24) is 5.32 Å². The summed E-state index contributed by atoms with van der Waals surface area (Å²) in [4.78, 5) is 26.3. The second-order valence-electron chi connectivity index (χ2n) is 6.08. The van der Waals surface area contributed by atoms with Crippen LogP contribution in [0.5, 0.6) is 5.75 Å². The van der Waals surface area contributed by atoms with Crippen molar-refractivity contribution in [1.29, 1.82) is 0 Å². The number of benzene rings is 2. The van der Waals surface area contributed by atoms with Crippen molar-refractivity contribution >= 4 is 34.9 Å². The summed E-state index contributed by atoms with van der Waals surface area (Å²) in [5.74, 6) is -0.105. The molecule has 28 heavy (non-hydrogen) atoms. The first kappa shape index (κ1) is 19.4. The van der Waals surface area contributed by atoms with Crippen LogP contribution in [0.3, 0.4) is 0 Å². The molecule has 2 amide bonds. The van der Waals surface area contributed by atoms with Crippen LogP contribution >= 0.6 is 11.3 Å². The molecule has 142 valence electrons. The number of carbonyl (C=O) groups is 2. The number of thiophene rings is 1. The minimum absolute atomic E-state index is 0.170. The van der Waals surface area contributed by atoms with Crippen LogP contribution in [0, 0.1) is 6.92 Å². The molecule has 0 spiro atoms. The Balaban J connectivity index is 1.81. The molecule has 0 saturated heterocycles. The summed E-state index contributed by atoms with van der Waals surface area (Å²) >= 11 is 1.48. The van der Waals surface area contributed by atoms with Gasteiger partial charge in [0.25, 0.3) is 11.8 Å². The number of aryl methyl sites for hydroxylation is 1. The van der Waals surface area contributed by atoms with Gasteiger partial charge in [0.15, 0.2) is 0 Å². The number of rotatable bonds is 6. The predicted octanol–water partition coefficient (Wildman–Crippen LogP) is 4.47. The molecule has 5 nitrogen and oxygen atoms in total. The summed E-state index contributed by atoms with van der Waals surface area (Å²) in [6, 6.07) is 17.9. The molecule has 2 N–H and O–H groups in total. The summed E-state index contributed by atoms with van der Waals surface area (Å²) in [5, 5.41) is 7.45. The number of carbonyl (C=O) groups excluding carboxylic acids is 2. The van der Waals surface area contributed by atoms with E-state index in [4.69, 9.17) is 4.74 Å². The average molecular weight is 392 g/mol. The molecule has 2 aromatic carbocycles. The van der Waals surface area contributed by atoms with E-state index < -0.39 is 0 Å². The Kier molecular flexibility index (Phi) is 6.24. The molecule has 6 heteroatoms. The van der Waals surface area contributed by atoms with Crippen molar-refractivity contribution in [2.45, 2.75) is 6.92 Å². The van der Waals surface area contributed by atoms with E-state index in [2.05, 4.69) is 10.6 Å². The highest BCUT2D eigenvalue weighted by molar-refractivity contribution is 7.10. The van der Waals surface area contributed by atoms with Gasteiger partial charge >= 0.3 is 0 Å². The van der Waals surface area contributed by atoms with Gasteiger partial charge < -0.3 is 15.4 Å². The van der Waals surface area contributed by atoms with Crippen LogP contribution in [0.1, 0.15) is 20.8 Å². The van der Waals surface area contributed by atoms with Crippen LogP contribution in [0.4, 0.5) is 5.69 Å². The van der Waals surface area contributed by atoms with Gasteiger partial charge in [0.05, 0.1) is 7.11 Å². The summed E-state index contributed by atoms with van der Waals surface area (Å²) in [6.45, 7) is 1.98. The van der Waals surface area contributed by atoms with Gasteiger partial charge in [-0.15, -0.1) is 11.3 Å². The fourth-order valence-corrected chi connectivity index (χ4v) is 3.10. The van der Waals surface area contributed by atoms with Crippen LogP contribution in [0.2, 0.25) is 0 Å². The number of methoxy groups -OCH3 is 1. The first-order chi connectivity index (χ1) is 13.5. The van der Waals surface area contributed by atoms with Gasteiger partial charge in [-0.3, -0.25) is 9.59 Å². The van der Waals surface area contributed by atoms with Crippen LogP contribution in [0.15, 0.2) is 71.7 Å². The highest BCUT2D eigenvalue weighted by Gasteiger charge is 2.15. The lowest BCUT2D eigenvalue weighted by Gasteiger charge is -2.11. The van der Waals surface area contributed by atoms with E-state index in [9.17, 15) is 9.59 Å². The molecule has 3 rings (SSSR count). The quantitative estimate of drug-likeness (QED) is 0.608. The fraction of sp³-hybridized carbons (Fsp3) is 0.0909. The Morgan fingerprint density at radius 3 is 2.32 bits per heavy atom. The van der Waals surface area contributed by atoms with Crippen LogP contribution < -0.4 is 15.4 Å². The number of hydrogen-bond acceptors (Lipinski definition) is 4. The molecule has 0 aliphatic rings. The first-order valence-electron chi connectivity index (χ1n) is 8.64. The molecule has 1 heterocycles. The van der Waals surface area contributed by atoms with E-state index in [1.807, 2.05) is 48.7 Å². The van der Waals surface area contributed by atoms with Gasteiger partial charge in [0.1, 0.15) is 11.4 Å². The molecule has 0 fully saturated rings. The van der Waals surface area contributed by atoms with Crippen LogP contribution in [-0.4, -0.2) is 18.9 Å². The minimum Gasteiger partial charge on any atom is -0.497 e. The van der Waals surface area contributed by atoms with E-state index in [1.165, 1.54) is 11.3 Å². The number of amides is 2. The predicted molar refractivity (Wildman–Crippen MR) is 113 cm³/mol. The first-order valence-corrected chi connectivity index (χ1v) is 9.52. The maximum atomic E-state index is 12.8. The topological polar surface area (TPSA) is 67.4 Å². The molecular formula is C22H20N2O3S. The maximum Gasteiger partial charge on any atom is 0.272 e. The molecular weight excluding hydrogens is 372 g/mol. The molecule has 0 saturated carbocycles. The molecule has 0 radical (unpaired) electrons. The maximum absolute atomic E-state index is 12.8. The summed E-state index contributed by atoms with van der Waals surface area (Å²) < 4.78 is 5.11. The fourth-order valence-electron chi connectivity index (χ4n) is 2.45. The van der Waals surface area contributed by atoms with Gasteiger partial charge in [-0.05, 0) is 60.8 Å². The van der Waals surface area contributed by atoms with Gasteiger partial charge in [-0.25, -0.2) is 0 Å². The summed E-state index contributed by atoms with van der Waals surface area (Å²) in [7, 11) is 1.56. The van der Waals surface area contributed by atoms with Gasteiger partial charge in [0.2, 0.25) is 0 Å². The van der Waals surface area contributed by atoms with Gasteiger partial charge in [0, 0.05) is 16.1 Å². The van der Waals surface area contributed by atoms with Gasteiger partial charge in [-0.1, -0.05) is 23.8 Å². The largest absolute Gasteiger partial charge is 0.497 e. The molecule has 0 aliphatic heterocycles. The molecule has 0 unspecified atom stereocenters. The molecule has 0 bridgehead atoms. The molecule has 1 aromatic heterocycles. The molecule has 3 aromatic rings. The van der Waals surface area contributed by atoms with Crippen molar-refractivity contribution in [2.24, 2.45) is 0 Å². The second-order valence-corrected chi connectivity index (χ2v) is 7.06. The number of anilines is 1. The summed E-state index contributed by atoms with van der Waals surface area (Å²) in [5.41, 5.74) is 2.36. The zero-order chi connectivity index (χ0) is 19.9. The second kappa shape index (κ2) is 9.01. The minimum atomic E-state index is -0.390. The summed E-state index contributed by atoms with van der Waals surface area (Å²) in [6.07, 6.45) is 1.66. The van der Waals surface area contributed by atoms with Gasteiger partial charge in [-0.2, -0.15) is 0 Å². The zero-order valence-corrected chi connectivity index (χ0v) is 16.4.